The van der Waals surface area contributed by atoms with Crippen LogP contribution >= 0.6 is 11.6 Å². The van der Waals surface area contributed by atoms with Crippen LogP contribution < -0.4 is 10.6 Å². The summed E-state index contributed by atoms with van der Waals surface area (Å²) >= 11 is 6.16. The molecule has 2 aliphatic rings. The zero-order valence-corrected chi connectivity index (χ0v) is 11.6. The van der Waals surface area contributed by atoms with Gasteiger partial charge in [-0.1, -0.05) is 41.9 Å². The fraction of sp³-hybridized carbons (Fsp3) is 0.0625. The summed E-state index contributed by atoms with van der Waals surface area (Å²) in [5, 5.41) is 6.79. The molecule has 0 amide bonds. The van der Waals surface area contributed by atoms with Crippen LogP contribution in [0.4, 0.5) is 11.4 Å². The van der Waals surface area contributed by atoms with Gasteiger partial charge >= 0.3 is 0 Å². The van der Waals surface area contributed by atoms with Crippen LogP contribution in [-0.4, -0.2) is 5.78 Å². The Hall–Kier alpha value is -2.46. The van der Waals surface area contributed by atoms with Gasteiger partial charge in [0, 0.05) is 10.6 Å². The number of fused-ring (bicyclic) bond motifs is 1. The van der Waals surface area contributed by atoms with Crippen molar-refractivity contribution >= 4 is 28.8 Å². The first-order valence-electron chi connectivity index (χ1n) is 6.56. The van der Waals surface area contributed by atoms with E-state index < -0.39 is 6.10 Å². The van der Waals surface area contributed by atoms with E-state index >= 15 is 0 Å². The Bertz CT molecular complexity index is 785. The van der Waals surface area contributed by atoms with Gasteiger partial charge < -0.3 is 15.4 Å². The zero-order chi connectivity index (χ0) is 14.4. The van der Waals surface area contributed by atoms with E-state index in [-0.39, 0.29) is 5.78 Å². The number of para-hydroxylation sites is 2. The van der Waals surface area contributed by atoms with E-state index in [4.69, 9.17) is 16.3 Å². The van der Waals surface area contributed by atoms with Crippen molar-refractivity contribution in [1.29, 1.82) is 0 Å². The van der Waals surface area contributed by atoms with Crippen LogP contribution in [0.15, 0.2) is 60.1 Å². The van der Waals surface area contributed by atoms with E-state index in [0.29, 0.717) is 22.2 Å². The second kappa shape index (κ2) is 4.53. The number of carbonyl (C=O) groups excluding carboxylic acids is 1. The lowest BCUT2D eigenvalue weighted by atomic mass is 10.0. The third-order valence-electron chi connectivity index (χ3n) is 3.57. The molecule has 4 rings (SSSR count). The number of hydrogen-bond donors (Lipinski definition) is 2. The molecule has 1 unspecified atom stereocenters. The second-order valence-electron chi connectivity index (χ2n) is 4.88. The maximum atomic E-state index is 12.6. The van der Waals surface area contributed by atoms with Crippen LogP contribution in [-0.2, 0) is 9.53 Å². The molecule has 104 valence electrons. The number of anilines is 2. The van der Waals surface area contributed by atoms with Crippen LogP contribution in [0.1, 0.15) is 11.7 Å². The molecule has 2 heterocycles. The number of halogens is 1. The fourth-order valence-corrected chi connectivity index (χ4v) is 2.77. The van der Waals surface area contributed by atoms with E-state index in [1.165, 1.54) is 0 Å². The van der Waals surface area contributed by atoms with Gasteiger partial charge in [-0.05, 0) is 18.2 Å². The molecule has 2 aliphatic heterocycles. The number of benzene rings is 2. The predicted molar refractivity (Wildman–Crippen MR) is 81.0 cm³/mol. The third kappa shape index (κ3) is 1.87. The molecule has 2 aromatic carbocycles. The van der Waals surface area contributed by atoms with Crippen molar-refractivity contribution in [3.05, 3.63) is 70.7 Å². The molecule has 0 aliphatic carbocycles. The number of rotatable bonds is 1. The maximum Gasteiger partial charge on any atom is 0.229 e. The largest absolute Gasteiger partial charge is 0.461 e. The van der Waals surface area contributed by atoms with Gasteiger partial charge in [0.2, 0.25) is 11.7 Å². The number of ether oxygens (including phenoxy) is 1. The first-order valence-corrected chi connectivity index (χ1v) is 6.94. The van der Waals surface area contributed by atoms with Gasteiger partial charge in [0.1, 0.15) is 5.70 Å². The van der Waals surface area contributed by atoms with Crippen LogP contribution in [0.3, 0.4) is 0 Å². The van der Waals surface area contributed by atoms with Crippen LogP contribution in [0.2, 0.25) is 5.02 Å². The minimum absolute atomic E-state index is 0.125. The highest BCUT2D eigenvalue weighted by Crippen LogP contribution is 2.40. The summed E-state index contributed by atoms with van der Waals surface area (Å²) in [6, 6.07) is 14.9. The van der Waals surface area contributed by atoms with Gasteiger partial charge in [0.25, 0.3) is 0 Å². The summed E-state index contributed by atoms with van der Waals surface area (Å²) < 4.78 is 5.77. The molecule has 0 spiro atoms. The number of nitrogens with one attached hydrogen (secondary N) is 2. The average Bonchev–Trinajstić information content (AvgIpc) is 2.82. The van der Waals surface area contributed by atoms with Crippen molar-refractivity contribution in [2.24, 2.45) is 0 Å². The lowest BCUT2D eigenvalue weighted by Gasteiger charge is -2.19. The first-order chi connectivity index (χ1) is 10.2. The van der Waals surface area contributed by atoms with E-state index in [2.05, 4.69) is 10.6 Å². The molecule has 4 nitrogen and oxygen atoms in total. The molecule has 0 aromatic heterocycles. The first kappa shape index (κ1) is 12.3. The lowest BCUT2D eigenvalue weighted by molar-refractivity contribution is -0.121. The summed E-state index contributed by atoms with van der Waals surface area (Å²) in [5.41, 5.74) is 2.85. The maximum absolute atomic E-state index is 12.6. The average molecular weight is 299 g/mol. The van der Waals surface area contributed by atoms with Gasteiger partial charge in [-0.2, -0.15) is 0 Å². The minimum atomic E-state index is -0.710. The van der Waals surface area contributed by atoms with Crippen molar-refractivity contribution in [3.63, 3.8) is 0 Å². The Morgan fingerprint density at radius 1 is 0.952 bits per heavy atom. The van der Waals surface area contributed by atoms with E-state index in [9.17, 15) is 4.79 Å². The van der Waals surface area contributed by atoms with E-state index in [0.717, 1.165) is 11.4 Å². The molecule has 1 atom stereocenters. The van der Waals surface area contributed by atoms with Crippen molar-refractivity contribution in [2.75, 3.05) is 10.6 Å². The lowest BCUT2D eigenvalue weighted by Crippen LogP contribution is -2.18. The standard InChI is InChI=1S/C16H11ClN2O2/c17-10-6-2-1-5-9(10)15-14(20)13-16(21-15)19-12-8-4-3-7-11(12)18-13/h1-8,15,18-19H. The summed E-state index contributed by atoms with van der Waals surface area (Å²) in [6.45, 7) is 0. The van der Waals surface area contributed by atoms with Gasteiger partial charge in [-0.15, -0.1) is 0 Å². The fourth-order valence-electron chi connectivity index (χ4n) is 2.53. The van der Waals surface area contributed by atoms with Gasteiger partial charge in [0.05, 0.1) is 11.4 Å². The third-order valence-corrected chi connectivity index (χ3v) is 3.91. The molecule has 21 heavy (non-hydrogen) atoms. The Balaban J connectivity index is 1.69. The molecule has 0 radical (unpaired) electrons. The smallest absolute Gasteiger partial charge is 0.229 e. The molecule has 0 bridgehead atoms. The summed E-state index contributed by atoms with van der Waals surface area (Å²) in [6.07, 6.45) is -0.710. The molecule has 2 aromatic rings. The van der Waals surface area contributed by atoms with Crippen LogP contribution in [0.25, 0.3) is 0 Å². The number of Topliss-reactive ketones (excluding diaryl/α,β-unsaturated/α-hetero) is 1. The SMILES string of the molecule is O=C1C2=C(Nc3ccccc3N2)OC1c1ccccc1Cl. The predicted octanol–water partition coefficient (Wildman–Crippen LogP) is 3.69. The Morgan fingerprint density at radius 3 is 2.38 bits per heavy atom. The van der Waals surface area contributed by atoms with E-state index in [1.807, 2.05) is 36.4 Å². The molecular weight excluding hydrogens is 288 g/mol. The van der Waals surface area contributed by atoms with Gasteiger partial charge in [-0.25, -0.2) is 0 Å². The number of hydrogen-bond acceptors (Lipinski definition) is 4. The summed E-state index contributed by atoms with van der Waals surface area (Å²) in [4.78, 5) is 12.6. The van der Waals surface area contributed by atoms with E-state index in [1.54, 1.807) is 12.1 Å². The molecule has 0 fully saturated rings. The molecule has 5 heteroatoms. The van der Waals surface area contributed by atoms with Gasteiger partial charge in [-0.3, -0.25) is 4.79 Å². The molecular formula is C16H11ClN2O2. The van der Waals surface area contributed by atoms with Crippen molar-refractivity contribution in [3.8, 4) is 0 Å². The quantitative estimate of drug-likeness (QED) is 0.843. The number of ketones is 1. The Labute approximate surface area is 126 Å². The van der Waals surface area contributed by atoms with Gasteiger partial charge in [0.15, 0.2) is 6.10 Å². The normalized spacial score (nSPS) is 19.3. The van der Waals surface area contributed by atoms with Crippen molar-refractivity contribution < 1.29 is 9.53 Å². The highest BCUT2D eigenvalue weighted by Gasteiger charge is 2.39. The van der Waals surface area contributed by atoms with Crippen molar-refractivity contribution in [2.45, 2.75) is 6.10 Å². The summed E-state index contributed by atoms with van der Waals surface area (Å²) in [5.74, 6) is 0.323. The number of carbonyl (C=O) groups is 1. The Kier molecular flexibility index (Phi) is 2.65. The topological polar surface area (TPSA) is 50.4 Å². The van der Waals surface area contributed by atoms with Crippen molar-refractivity contribution in [1.82, 2.24) is 0 Å². The second-order valence-corrected chi connectivity index (χ2v) is 5.29. The highest BCUT2D eigenvalue weighted by molar-refractivity contribution is 6.31. The monoisotopic (exact) mass is 298 g/mol. The minimum Gasteiger partial charge on any atom is -0.461 e. The summed E-state index contributed by atoms with van der Waals surface area (Å²) in [7, 11) is 0. The highest BCUT2D eigenvalue weighted by atomic mass is 35.5. The zero-order valence-electron chi connectivity index (χ0n) is 10.9. The molecule has 0 saturated carbocycles. The molecule has 2 N–H and O–H groups in total. The van der Waals surface area contributed by atoms with Crippen LogP contribution in [0, 0.1) is 0 Å². The molecule has 0 saturated heterocycles. The van der Waals surface area contributed by atoms with Crippen LogP contribution in [0.5, 0.6) is 0 Å². The Morgan fingerprint density at radius 2 is 1.62 bits per heavy atom.